The predicted molar refractivity (Wildman–Crippen MR) is 94.3 cm³/mol. The fourth-order valence-electron chi connectivity index (χ4n) is 3.90. The Labute approximate surface area is 138 Å². The van der Waals surface area contributed by atoms with Crippen molar-refractivity contribution in [1.82, 2.24) is 4.72 Å². The number of nitrogens with one attached hydrogen (secondary N) is 1. The second-order valence-electron chi connectivity index (χ2n) is 6.56. The number of hydrogen-bond acceptors (Lipinski definition) is 3. The van der Waals surface area contributed by atoms with Crippen molar-refractivity contribution in [3.05, 3.63) is 29.8 Å². The Morgan fingerprint density at radius 1 is 1.14 bits per heavy atom. The molecule has 1 saturated carbocycles. The smallest absolute Gasteiger partial charge is 0.226 e. The molecule has 4 heteroatoms. The number of amides is 1. The minimum Gasteiger partial charge on any atom is -0.312 e. The Balaban J connectivity index is 1.79. The highest BCUT2D eigenvalue weighted by Gasteiger charge is 2.35. The van der Waals surface area contributed by atoms with E-state index in [1.165, 1.54) is 31.2 Å². The Morgan fingerprint density at radius 2 is 1.86 bits per heavy atom. The van der Waals surface area contributed by atoms with Crippen molar-refractivity contribution < 1.29 is 4.79 Å². The molecule has 1 aliphatic carbocycles. The van der Waals surface area contributed by atoms with Gasteiger partial charge in [0.15, 0.2) is 0 Å². The number of piperidine rings is 1. The molecule has 0 aromatic heterocycles. The van der Waals surface area contributed by atoms with E-state index in [-0.39, 0.29) is 11.3 Å². The van der Waals surface area contributed by atoms with Crippen LogP contribution in [0.15, 0.2) is 24.3 Å². The van der Waals surface area contributed by atoms with E-state index in [9.17, 15) is 4.79 Å². The molecule has 0 unspecified atom stereocenters. The fraction of sp³-hybridized carbons (Fsp3) is 0.611. The molecule has 1 aromatic carbocycles. The van der Waals surface area contributed by atoms with E-state index >= 15 is 0 Å². The maximum atomic E-state index is 12.1. The Hall–Kier alpha value is -1.00. The monoisotopic (exact) mass is 318 g/mol. The molecule has 120 valence electrons. The summed E-state index contributed by atoms with van der Waals surface area (Å²) in [6.45, 7) is 1.91. The van der Waals surface area contributed by atoms with Gasteiger partial charge in [0.1, 0.15) is 0 Å². The standard InChI is InChI=1S/C18H26N2OS/c1-22-19-14-18(11-3-4-12-18)15-7-9-16(10-8-15)20-13-5-2-6-17(20)21/h7-10,19H,2-6,11-14H2,1H3. The zero-order chi connectivity index (χ0) is 15.4. The lowest BCUT2D eigenvalue weighted by atomic mass is 9.79. The van der Waals surface area contributed by atoms with Crippen LogP contribution in [0.25, 0.3) is 0 Å². The highest BCUT2D eigenvalue weighted by Crippen LogP contribution is 2.41. The molecule has 3 nitrogen and oxygen atoms in total. The van der Waals surface area contributed by atoms with E-state index in [2.05, 4.69) is 35.2 Å². The summed E-state index contributed by atoms with van der Waals surface area (Å²) in [6, 6.07) is 8.81. The number of carbonyl (C=O) groups is 1. The SMILES string of the molecule is CSNCC1(c2ccc(N3CCCCC3=O)cc2)CCCC1. The second kappa shape index (κ2) is 7.05. The van der Waals surface area contributed by atoms with Gasteiger partial charge in [-0.15, -0.1) is 0 Å². The van der Waals surface area contributed by atoms with E-state index in [0.29, 0.717) is 6.42 Å². The largest absolute Gasteiger partial charge is 0.312 e. The highest BCUT2D eigenvalue weighted by molar-refractivity contribution is 7.96. The quantitative estimate of drug-likeness (QED) is 0.836. The zero-order valence-electron chi connectivity index (χ0n) is 13.4. The van der Waals surface area contributed by atoms with Gasteiger partial charge in [-0.05, 0) is 49.6 Å². The lowest BCUT2D eigenvalue weighted by Crippen LogP contribution is -2.35. The second-order valence-corrected chi connectivity index (χ2v) is 7.26. The molecular weight excluding hydrogens is 292 g/mol. The molecule has 2 fully saturated rings. The average molecular weight is 318 g/mol. The first-order valence-electron chi connectivity index (χ1n) is 8.42. The molecule has 0 spiro atoms. The molecule has 1 aliphatic heterocycles. The van der Waals surface area contributed by atoms with Crippen LogP contribution in [0.2, 0.25) is 0 Å². The van der Waals surface area contributed by atoms with Gasteiger partial charge < -0.3 is 4.90 Å². The summed E-state index contributed by atoms with van der Waals surface area (Å²) < 4.78 is 3.47. The van der Waals surface area contributed by atoms with Crippen LogP contribution in [-0.2, 0) is 10.2 Å². The van der Waals surface area contributed by atoms with E-state index in [0.717, 1.165) is 31.6 Å². The van der Waals surface area contributed by atoms with Crippen molar-refractivity contribution >= 4 is 23.5 Å². The molecule has 2 aliphatic rings. The normalized spacial score (nSPS) is 21.3. The Bertz CT molecular complexity index is 508. The number of anilines is 1. The molecule has 0 radical (unpaired) electrons. The molecule has 1 saturated heterocycles. The van der Waals surface area contributed by atoms with Crippen molar-refractivity contribution in [2.75, 3.05) is 24.2 Å². The van der Waals surface area contributed by atoms with Crippen molar-refractivity contribution in [2.45, 2.75) is 50.4 Å². The van der Waals surface area contributed by atoms with Gasteiger partial charge in [0, 0.05) is 30.6 Å². The number of benzene rings is 1. The maximum absolute atomic E-state index is 12.1. The first kappa shape index (κ1) is 15.9. The molecule has 1 N–H and O–H groups in total. The summed E-state index contributed by atoms with van der Waals surface area (Å²) in [6.07, 6.45) is 10.1. The minimum atomic E-state index is 0.277. The molecule has 22 heavy (non-hydrogen) atoms. The van der Waals surface area contributed by atoms with Crippen LogP contribution >= 0.6 is 11.9 Å². The third kappa shape index (κ3) is 3.18. The summed E-state index contributed by atoms with van der Waals surface area (Å²) in [7, 11) is 0. The van der Waals surface area contributed by atoms with Crippen LogP contribution in [0, 0.1) is 0 Å². The lowest BCUT2D eigenvalue weighted by molar-refractivity contribution is -0.119. The third-order valence-electron chi connectivity index (χ3n) is 5.23. The van der Waals surface area contributed by atoms with E-state index < -0.39 is 0 Å². The van der Waals surface area contributed by atoms with Gasteiger partial charge in [-0.25, -0.2) is 0 Å². The van der Waals surface area contributed by atoms with Gasteiger partial charge in [0.25, 0.3) is 0 Å². The number of carbonyl (C=O) groups excluding carboxylic acids is 1. The first-order chi connectivity index (χ1) is 10.7. The number of nitrogens with zero attached hydrogens (tertiary/aromatic N) is 1. The summed E-state index contributed by atoms with van der Waals surface area (Å²) >= 11 is 1.70. The summed E-state index contributed by atoms with van der Waals surface area (Å²) in [5.74, 6) is 0.277. The minimum absolute atomic E-state index is 0.277. The average Bonchev–Trinajstić information content (AvgIpc) is 3.04. The molecular formula is C18H26N2OS. The lowest BCUT2D eigenvalue weighted by Gasteiger charge is -2.31. The molecule has 1 heterocycles. The molecule has 0 atom stereocenters. The maximum Gasteiger partial charge on any atom is 0.226 e. The third-order valence-corrected chi connectivity index (χ3v) is 5.66. The van der Waals surface area contributed by atoms with E-state index in [1.54, 1.807) is 11.9 Å². The van der Waals surface area contributed by atoms with Gasteiger partial charge in [-0.1, -0.05) is 36.9 Å². The highest BCUT2D eigenvalue weighted by atomic mass is 32.2. The van der Waals surface area contributed by atoms with Gasteiger partial charge in [-0.3, -0.25) is 9.52 Å². The zero-order valence-corrected chi connectivity index (χ0v) is 14.3. The molecule has 0 bridgehead atoms. The van der Waals surface area contributed by atoms with Crippen LogP contribution < -0.4 is 9.62 Å². The van der Waals surface area contributed by atoms with Crippen LogP contribution in [-0.4, -0.2) is 25.3 Å². The molecule has 3 rings (SSSR count). The fourth-order valence-corrected chi connectivity index (χ4v) is 4.32. The Kier molecular flexibility index (Phi) is 5.09. The number of hydrogen-bond donors (Lipinski definition) is 1. The van der Waals surface area contributed by atoms with Crippen LogP contribution in [0.5, 0.6) is 0 Å². The number of rotatable bonds is 5. The Morgan fingerprint density at radius 3 is 2.50 bits per heavy atom. The van der Waals surface area contributed by atoms with Crippen molar-refractivity contribution in [2.24, 2.45) is 0 Å². The summed E-state index contributed by atoms with van der Waals surface area (Å²) in [5, 5.41) is 0. The van der Waals surface area contributed by atoms with Crippen molar-refractivity contribution in [3.63, 3.8) is 0 Å². The van der Waals surface area contributed by atoms with E-state index in [1.807, 2.05) is 4.90 Å². The van der Waals surface area contributed by atoms with Gasteiger partial charge in [0.05, 0.1) is 0 Å². The van der Waals surface area contributed by atoms with Crippen LogP contribution in [0.4, 0.5) is 5.69 Å². The molecule has 1 aromatic rings. The van der Waals surface area contributed by atoms with Gasteiger partial charge in [0.2, 0.25) is 5.91 Å². The van der Waals surface area contributed by atoms with Crippen LogP contribution in [0.1, 0.15) is 50.5 Å². The molecule has 1 amide bonds. The summed E-state index contributed by atoms with van der Waals surface area (Å²) in [5.41, 5.74) is 2.78. The topological polar surface area (TPSA) is 32.3 Å². The van der Waals surface area contributed by atoms with Crippen molar-refractivity contribution in [3.8, 4) is 0 Å². The van der Waals surface area contributed by atoms with E-state index in [4.69, 9.17) is 0 Å². The van der Waals surface area contributed by atoms with Crippen molar-refractivity contribution in [1.29, 1.82) is 0 Å². The van der Waals surface area contributed by atoms with Gasteiger partial charge >= 0.3 is 0 Å². The predicted octanol–water partition coefficient (Wildman–Crippen LogP) is 3.88. The van der Waals surface area contributed by atoms with Gasteiger partial charge in [-0.2, -0.15) is 0 Å². The van der Waals surface area contributed by atoms with Crippen LogP contribution in [0.3, 0.4) is 0 Å². The summed E-state index contributed by atoms with van der Waals surface area (Å²) in [4.78, 5) is 14.0. The first-order valence-corrected chi connectivity index (χ1v) is 9.64.